The van der Waals surface area contributed by atoms with Gasteiger partial charge in [-0.15, -0.1) is 0 Å². The fourth-order valence-electron chi connectivity index (χ4n) is 2.06. The molecule has 0 spiro atoms. The molecule has 0 aliphatic carbocycles. The van der Waals surface area contributed by atoms with E-state index in [0.29, 0.717) is 26.7 Å². The quantitative estimate of drug-likeness (QED) is 0.371. The molecule has 0 unspecified atom stereocenters. The maximum absolute atomic E-state index is 13.2. The summed E-state index contributed by atoms with van der Waals surface area (Å²) in [5.41, 5.74) is 1.57. The molecule has 0 bridgehead atoms. The molecule has 0 saturated carbocycles. The zero-order valence-corrected chi connectivity index (χ0v) is 12.5. The molecule has 0 fully saturated rings. The number of aromatic amines is 1. The second-order valence-corrected chi connectivity index (χ2v) is 5.29. The molecule has 3 N–H and O–H groups in total. The number of fused-ring (bicyclic) bond motifs is 1. The molecule has 8 heteroatoms. The Morgan fingerprint density at radius 1 is 1.23 bits per heavy atom. The van der Waals surface area contributed by atoms with Crippen molar-refractivity contribution in [2.45, 2.75) is 0 Å². The Labute approximate surface area is 134 Å². The molecule has 3 rings (SSSR count). The van der Waals surface area contributed by atoms with Crippen molar-refractivity contribution in [3.8, 4) is 0 Å². The van der Waals surface area contributed by atoms with Crippen molar-refractivity contribution < 1.29 is 9.60 Å². The Hall–Kier alpha value is -2.15. The van der Waals surface area contributed by atoms with E-state index in [1.54, 1.807) is 12.1 Å². The molecular formula is C14H9Cl2FN4O. The van der Waals surface area contributed by atoms with Crippen LogP contribution in [0.15, 0.2) is 36.7 Å². The van der Waals surface area contributed by atoms with E-state index >= 15 is 0 Å². The summed E-state index contributed by atoms with van der Waals surface area (Å²) in [7, 11) is 0. The molecule has 22 heavy (non-hydrogen) atoms. The topological polar surface area (TPSA) is 76.0 Å². The average Bonchev–Trinajstić information content (AvgIpc) is 2.99. The van der Waals surface area contributed by atoms with Crippen molar-refractivity contribution in [2.75, 3.05) is 5.06 Å². The van der Waals surface area contributed by atoms with Crippen LogP contribution < -0.4 is 5.06 Å². The van der Waals surface area contributed by atoms with E-state index in [2.05, 4.69) is 9.97 Å². The molecule has 3 aromatic rings. The highest BCUT2D eigenvalue weighted by atomic mass is 35.5. The van der Waals surface area contributed by atoms with Crippen molar-refractivity contribution in [3.63, 3.8) is 0 Å². The maximum Gasteiger partial charge on any atom is 0.159 e. The molecule has 0 radical (unpaired) electrons. The largest absolute Gasteiger partial charge is 0.344 e. The van der Waals surface area contributed by atoms with Gasteiger partial charge in [0.2, 0.25) is 0 Å². The molecule has 1 aromatic heterocycles. The zero-order chi connectivity index (χ0) is 15.9. The van der Waals surface area contributed by atoms with Gasteiger partial charge in [-0.3, -0.25) is 10.6 Å². The van der Waals surface area contributed by atoms with Crippen LogP contribution in [-0.4, -0.2) is 21.0 Å². The van der Waals surface area contributed by atoms with E-state index in [-0.39, 0.29) is 16.5 Å². The number of anilines is 1. The van der Waals surface area contributed by atoms with Gasteiger partial charge in [-0.25, -0.2) is 14.4 Å². The van der Waals surface area contributed by atoms with Crippen molar-refractivity contribution in [1.29, 1.82) is 5.41 Å². The first-order valence-corrected chi connectivity index (χ1v) is 6.89. The maximum atomic E-state index is 13.2. The Morgan fingerprint density at radius 3 is 2.73 bits per heavy atom. The summed E-state index contributed by atoms with van der Waals surface area (Å²) in [5, 5.41) is 19.2. The Kier molecular flexibility index (Phi) is 3.74. The van der Waals surface area contributed by atoms with E-state index in [4.69, 9.17) is 28.6 Å². The Balaban J connectivity index is 2.03. The van der Waals surface area contributed by atoms with Crippen LogP contribution in [0.2, 0.25) is 10.0 Å². The van der Waals surface area contributed by atoms with Crippen LogP contribution in [0.3, 0.4) is 0 Å². The number of rotatable bonds is 2. The highest BCUT2D eigenvalue weighted by molar-refractivity contribution is 6.35. The third kappa shape index (κ3) is 2.41. The lowest BCUT2D eigenvalue weighted by Crippen LogP contribution is -2.27. The van der Waals surface area contributed by atoms with E-state index < -0.39 is 5.82 Å². The lowest BCUT2D eigenvalue weighted by molar-refractivity contribution is 0.312. The fraction of sp³-hybridized carbons (Fsp3) is 0. The minimum atomic E-state index is -0.604. The summed E-state index contributed by atoms with van der Waals surface area (Å²) >= 11 is 11.7. The molecule has 0 aliphatic heterocycles. The standard InChI is InChI=1S/C14H9Cl2FN4O/c15-9-3-2-8(12-13(9)20-6-19-12)14(18)21(22)7-1-4-11(17)10(16)5-7/h1-6,18,22H,(H,19,20). The average molecular weight is 339 g/mol. The third-order valence-corrected chi connectivity index (χ3v) is 3.74. The number of benzene rings is 2. The smallest absolute Gasteiger partial charge is 0.159 e. The van der Waals surface area contributed by atoms with Gasteiger partial charge in [0.25, 0.3) is 0 Å². The van der Waals surface area contributed by atoms with Gasteiger partial charge in [0.15, 0.2) is 5.84 Å². The van der Waals surface area contributed by atoms with Crippen LogP contribution in [0.4, 0.5) is 10.1 Å². The van der Waals surface area contributed by atoms with Crippen LogP contribution in [-0.2, 0) is 0 Å². The van der Waals surface area contributed by atoms with Gasteiger partial charge in [0.05, 0.1) is 27.6 Å². The number of nitrogens with one attached hydrogen (secondary N) is 2. The van der Waals surface area contributed by atoms with Gasteiger partial charge in [-0.1, -0.05) is 23.2 Å². The molecule has 2 aromatic carbocycles. The molecule has 5 nitrogen and oxygen atoms in total. The van der Waals surface area contributed by atoms with Crippen molar-refractivity contribution in [1.82, 2.24) is 9.97 Å². The zero-order valence-electron chi connectivity index (χ0n) is 10.9. The highest BCUT2D eigenvalue weighted by Gasteiger charge is 2.18. The predicted octanol–water partition coefficient (Wildman–Crippen LogP) is 4.23. The number of H-pyrrole nitrogens is 1. The first-order valence-electron chi connectivity index (χ1n) is 6.13. The Morgan fingerprint density at radius 2 is 2.00 bits per heavy atom. The SMILES string of the molecule is N=C(c1ccc(Cl)c2nc[nH]c12)N(O)c1ccc(F)c(Cl)c1. The number of nitrogens with zero attached hydrogens (tertiary/aromatic N) is 2. The van der Waals surface area contributed by atoms with E-state index in [1.807, 2.05) is 0 Å². The Bertz CT molecular complexity index is 880. The van der Waals surface area contributed by atoms with Crippen LogP contribution in [0.1, 0.15) is 5.56 Å². The van der Waals surface area contributed by atoms with E-state index in [9.17, 15) is 9.60 Å². The summed E-state index contributed by atoms with van der Waals surface area (Å²) in [4.78, 5) is 6.94. The normalized spacial score (nSPS) is 10.9. The predicted molar refractivity (Wildman–Crippen MR) is 83.6 cm³/mol. The highest BCUT2D eigenvalue weighted by Crippen LogP contribution is 2.27. The summed E-state index contributed by atoms with van der Waals surface area (Å²) in [6.45, 7) is 0. The second kappa shape index (κ2) is 5.57. The summed E-state index contributed by atoms with van der Waals surface area (Å²) in [5.74, 6) is -0.832. The van der Waals surface area contributed by atoms with Crippen LogP contribution in [0, 0.1) is 11.2 Å². The van der Waals surface area contributed by atoms with Gasteiger partial charge in [-0.2, -0.15) is 0 Å². The van der Waals surface area contributed by atoms with Gasteiger partial charge in [0.1, 0.15) is 11.3 Å². The number of imidazole rings is 1. The van der Waals surface area contributed by atoms with Gasteiger partial charge in [-0.05, 0) is 30.3 Å². The number of hydrogen-bond donors (Lipinski definition) is 3. The minimum absolute atomic E-state index is 0.146. The van der Waals surface area contributed by atoms with E-state index in [0.717, 1.165) is 6.07 Å². The lowest BCUT2D eigenvalue weighted by Gasteiger charge is -2.18. The monoisotopic (exact) mass is 338 g/mol. The molecule has 1 heterocycles. The molecule has 0 saturated heterocycles. The minimum Gasteiger partial charge on any atom is -0.344 e. The molecule has 0 aliphatic rings. The first kappa shape index (κ1) is 14.8. The molecule has 112 valence electrons. The second-order valence-electron chi connectivity index (χ2n) is 4.48. The van der Waals surface area contributed by atoms with Crippen molar-refractivity contribution in [3.05, 3.63) is 58.1 Å². The number of hydroxylamine groups is 1. The van der Waals surface area contributed by atoms with Gasteiger partial charge in [0, 0.05) is 5.56 Å². The van der Waals surface area contributed by atoms with Crippen LogP contribution in [0.5, 0.6) is 0 Å². The van der Waals surface area contributed by atoms with Crippen LogP contribution in [0.25, 0.3) is 11.0 Å². The van der Waals surface area contributed by atoms with Gasteiger partial charge < -0.3 is 4.98 Å². The van der Waals surface area contributed by atoms with Gasteiger partial charge >= 0.3 is 0 Å². The van der Waals surface area contributed by atoms with Crippen LogP contribution >= 0.6 is 23.2 Å². The van der Waals surface area contributed by atoms with Crippen molar-refractivity contribution in [2.24, 2.45) is 0 Å². The summed E-state index contributed by atoms with van der Waals surface area (Å²) in [6, 6.07) is 6.82. The fourth-order valence-corrected chi connectivity index (χ4v) is 2.44. The number of hydrogen-bond acceptors (Lipinski definition) is 3. The molecule has 0 amide bonds. The summed E-state index contributed by atoms with van der Waals surface area (Å²) < 4.78 is 13.2. The number of amidine groups is 1. The number of aromatic nitrogens is 2. The van der Waals surface area contributed by atoms with E-state index in [1.165, 1.54) is 18.5 Å². The third-order valence-electron chi connectivity index (χ3n) is 3.15. The van der Waals surface area contributed by atoms with Crippen molar-refractivity contribution >= 4 is 45.8 Å². The first-order chi connectivity index (χ1) is 10.5. The summed E-state index contributed by atoms with van der Waals surface area (Å²) in [6.07, 6.45) is 1.45. The molecule has 0 atom stereocenters. The lowest BCUT2D eigenvalue weighted by atomic mass is 10.1. The number of halogens is 3. The molecular weight excluding hydrogens is 330 g/mol.